The van der Waals surface area contributed by atoms with Crippen molar-refractivity contribution in [2.24, 2.45) is 0 Å². The van der Waals surface area contributed by atoms with E-state index < -0.39 is 11.7 Å². The van der Waals surface area contributed by atoms with Crippen molar-refractivity contribution in [3.63, 3.8) is 0 Å². The van der Waals surface area contributed by atoms with Crippen LogP contribution in [0.3, 0.4) is 0 Å². The largest absolute Gasteiger partial charge is 0.355 e. The van der Waals surface area contributed by atoms with Crippen LogP contribution in [0.4, 0.5) is 10.1 Å². The number of amides is 1. The van der Waals surface area contributed by atoms with Gasteiger partial charge in [-0.15, -0.1) is 5.10 Å². The number of aromatic nitrogens is 4. The fourth-order valence-electron chi connectivity index (χ4n) is 3.40. The zero-order valence-electron chi connectivity index (χ0n) is 16.7. The van der Waals surface area contributed by atoms with E-state index in [2.05, 4.69) is 20.8 Å². The van der Waals surface area contributed by atoms with Gasteiger partial charge in [0.25, 0.3) is 5.91 Å². The third kappa shape index (κ3) is 3.50. The maximum Gasteiger partial charge on any atom is 0.278 e. The molecule has 0 unspecified atom stereocenters. The van der Waals surface area contributed by atoms with Gasteiger partial charge in [0.15, 0.2) is 11.5 Å². The molecule has 0 atom stereocenters. The average Bonchev–Trinajstić information content (AvgIpc) is 3.39. The summed E-state index contributed by atoms with van der Waals surface area (Å²) in [6.07, 6.45) is 0. The zero-order chi connectivity index (χ0) is 22.2. The van der Waals surface area contributed by atoms with Crippen molar-refractivity contribution in [2.75, 3.05) is 5.32 Å². The van der Waals surface area contributed by atoms with Gasteiger partial charge in [0, 0.05) is 10.6 Å². The first-order chi connectivity index (χ1) is 15.5. The van der Waals surface area contributed by atoms with Crippen LogP contribution in [0.2, 0.25) is 5.02 Å². The minimum atomic E-state index is -0.549. The SMILES string of the molecule is Cc1c(C(=O)Nc2ccccc2F)nnn1-c1ccc2noc(-c3ccc(Cl)cc3)c2c1. The number of rotatable bonds is 4. The summed E-state index contributed by atoms with van der Waals surface area (Å²) in [6, 6.07) is 18.6. The molecule has 5 aromatic rings. The van der Waals surface area contributed by atoms with E-state index in [-0.39, 0.29) is 11.4 Å². The van der Waals surface area contributed by atoms with Crippen LogP contribution < -0.4 is 5.32 Å². The lowest BCUT2D eigenvalue weighted by Gasteiger charge is -2.06. The fraction of sp³-hybridized carbons (Fsp3) is 0.0435. The molecule has 2 heterocycles. The van der Waals surface area contributed by atoms with Gasteiger partial charge in [0.1, 0.15) is 11.3 Å². The molecule has 0 fully saturated rings. The summed E-state index contributed by atoms with van der Waals surface area (Å²) >= 11 is 5.98. The maximum atomic E-state index is 13.9. The molecule has 0 aliphatic rings. The van der Waals surface area contributed by atoms with Crippen molar-refractivity contribution in [3.8, 4) is 17.0 Å². The number of nitrogens with one attached hydrogen (secondary N) is 1. The van der Waals surface area contributed by atoms with Gasteiger partial charge in [-0.05, 0) is 61.5 Å². The Morgan fingerprint density at radius 3 is 2.66 bits per heavy atom. The molecular weight excluding hydrogens is 433 g/mol. The molecule has 1 N–H and O–H groups in total. The van der Waals surface area contributed by atoms with Crippen LogP contribution in [0, 0.1) is 12.7 Å². The molecule has 0 saturated carbocycles. The van der Waals surface area contributed by atoms with E-state index in [1.807, 2.05) is 18.2 Å². The minimum Gasteiger partial charge on any atom is -0.355 e. The molecule has 0 radical (unpaired) electrons. The van der Waals surface area contributed by atoms with Crippen molar-refractivity contribution < 1.29 is 13.7 Å². The first-order valence-corrected chi connectivity index (χ1v) is 10.0. The Morgan fingerprint density at radius 2 is 1.88 bits per heavy atom. The van der Waals surface area contributed by atoms with Crippen LogP contribution in [0.1, 0.15) is 16.2 Å². The lowest BCUT2D eigenvalue weighted by Crippen LogP contribution is -2.15. The van der Waals surface area contributed by atoms with Gasteiger partial charge < -0.3 is 9.84 Å². The molecule has 7 nitrogen and oxygen atoms in total. The molecule has 1 amide bonds. The Labute approximate surface area is 186 Å². The van der Waals surface area contributed by atoms with Gasteiger partial charge in [-0.25, -0.2) is 9.07 Å². The number of hydrogen-bond acceptors (Lipinski definition) is 5. The number of carbonyl (C=O) groups excluding carboxylic acids is 1. The Hall–Kier alpha value is -4.04. The number of carbonyl (C=O) groups is 1. The van der Waals surface area contributed by atoms with Gasteiger partial charge in [-0.3, -0.25) is 4.79 Å². The first kappa shape index (κ1) is 19.9. The molecule has 32 heavy (non-hydrogen) atoms. The Morgan fingerprint density at radius 1 is 1.09 bits per heavy atom. The molecule has 0 bridgehead atoms. The van der Waals surface area contributed by atoms with Crippen LogP contribution >= 0.6 is 11.6 Å². The summed E-state index contributed by atoms with van der Waals surface area (Å²) in [4.78, 5) is 12.6. The van der Waals surface area contributed by atoms with E-state index in [0.717, 1.165) is 10.9 Å². The van der Waals surface area contributed by atoms with Crippen LogP contribution in [0.5, 0.6) is 0 Å². The summed E-state index contributed by atoms with van der Waals surface area (Å²) in [6.45, 7) is 1.72. The zero-order valence-corrected chi connectivity index (χ0v) is 17.5. The van der Waals surface area contributed by atoms with Crippen LogP contribution in [0.15, 0.2) is 71.3 Å². The molecule has 9 heteroatoms. The first-order valence-electron chi connectivity index (χ1n) is 9.65. The molecule has 5 rings (SSSR count). The van der Waals surface area contributed by atoms with E-state index in [0.29, 0.717) is 27.7 Å². The second-order valence-corrected chi connectivity index (χ2v) is 7.53. The summed E-state index contributed by atoms with van der Waals surface area (Å²) < 4.78 is 21.0. The number of fused-ring (bicyclic) bond motifs is 1. The molecule has 3 aromatic carbocycles. The number of hydrogen-bond donors (Lipinski definition) is 1. The third-order valence-corrected chi connectivity index (χ3v) is 5.29. The van der Waals surface area contributed by atoms with Crippen LogP contribution in [-0.4, -0.2) is 26.1 Å². The number of nitrogens with zero attached hydrogens (tertiary/aromatic N) is 4. The van der Waals surface area contributed by atoms with E-state index in [1.165, 1.54) is 16.8 Å². The van der Waals surface area contributed by atoms with Crippen molar-refractivity contribution in [2.45, 2.75) is 6.92 Å². The van der Waals surface area contributed by atoms with Gasteiger partial charge in [-0.2, -0.15) is 0 Å². The third-order valence-electron chi connectivity index (χ3n) is 5.04. The highest BCUT2D eigenvalue weighted by Gasteiger charge is 2.20. The van der Waals surface area contributed by atoms with Crippen LogP contribution in [-0.2, 0) is 0 Å². The minimum absolute atomic E-state index is 0.0740. The monoisotopic (exact) mass is 447 g/mol. The Balaban J connectivity index is 1.50. The van der Waals surface area contributed by atoms with Gasteiger partial charge in [0.2, 0.25) is 0 Å². The highest BCUT2D eigenvalue weighted by Crippen LogP contribution is 2.31. The molecule has 0 aliphatic carbocycles. The number of para-hydroxylation sites is 1. The lowest BCUT2D eigenvalue weighted by molar-refractivity contribution is 0.102. The van der Waals surface area contributed by atoms with Crippen molar-refractivity contribution in [1.29, 1.82) is 0 Å². The second-order valence-electron chi connectivity index (χ2n) is 7.09. The number of benzene rings is 3. The van der Waals surface area contributed by atoms with E-state index in [1.54, 1.807) is 43.3 Å². The van der Waals surface area contributed by atoms with Crippen molar-refractivity contribution >= 4 is 34.1 Å². The fourth-order valence-corrected chi connectivity index (χ4v) is 3.52. The number of anilines is 1. The van der Waals surface area contributed by atoms with Gasteiger partial charge in [0.05, 0.1) is 22.5 Å². The van der Waals surface area contributed by atoms with E-state index in [9.17, 15) is 9.18 Å². The lowest BCUT2D eigenvalue weighted by atomic mass is 10.1. The second kappa shape index (κ2) is 7.90. The van der Waals surface area contributed by atoms with Crippen LogP contribution in [0.25, 0.3) is 27.9 Å². The molecule has 0 aliphatic heterocycles. The summed E-state index contributed by atoms with van der Waals surface area (Å²) in [5.74, 6) is -0.487. The normalized spacial score (nSPS) is 11.1. The highest BCUT2D eigenvalue weighted by atomic mass is 35.5. The molecule has 0 saturated heterocycles. The quantitative estimate of drug-likeness (QED) is 0.397. The molecule has 2 aromatic heterocycles. The summed E-state index contributed by atoms with van der Waals surface area (Å²) in [5, 5.41) is 16.2. The molecule has 158 valence electrons. The standard InChI is InChI=1S/C23H15ClFN5O2/c1-13-21(23(31)26-20-5-3-2-4-18(20)25)27-29-30(13)16-10-11-19-17(12-16)22(32-28-19)14-6-8-15(24)9-7-14/h2-12H,1H3,(H,26,31). The van der Waals surface area contributed by atoms with Gasteiger partial charge >= 0.3 is 0 Å². The molecule has 0 spiro atoms. The Kier molecular flexibility index (Phi) is 4.91. The maximum absolute atomic E-state index is 13.9. The predicted molar refractivity (Wildman–Crippen MR) is 118 cm³/mol. The predicted octanol–water partition coefficient (Wildman–Crippen LogP) is 5.43. The smallest absolute Gasteiger partial charge is 0.278 e. The highest BCUT2D eigenvalue weighted by molar-refractivity contribution is 6.30. The van der Waals surface area contributed by atoms with E-state index in [4.69, 9.17) is 16.1 Å². The van der Waals surface area contributed by atoms with Crippen molar-refractivity contribution in [3.05, 3.63) is 89.0 Å². The molecular formula is C23H15ClFN5O2. The topological polar surface area (TPSA) is 85.8 Å². The average molecular weight is 448 g/mol. The summed E-state index contributed by atoms with van der Waals surface area (Å²) in [7, 11) is 0. The summed E-state index contributed by atoms with van der Waals surface area (Å²) in [5.41, 5.74) is 2.85. The van der Waals surface area contributed by atoms with E-state index >= 15 is 0 Å². The number of halogens is 2. The Bertz CT molecular complexity index is 1460. The van der Waals surface area contributed by atoms with Crippen molar-refractivity contribution in [1.82, 2.24) is 20.2 Å². The van der Waals surface area contributed by atoms with Gasteiger partial charge in [-0.1, -0.05) is 34.1 Å².